The minimum atomic E-state index is -0.656. The number of aliphatic hydroxyl groups is 1. The first-order valence-electron chi connectivity index (χ1n) is 10.6. The largest absolute Gasteiger partial charge is 0.485 e. The van der Waals surface area contributed by atoms with Crippen LogP contribution in [0.5, 0.6) is 5.75 Å². The van der Waals surface area contributed by atoms with Crippen LogP contribution in [0.4, 0.5) is 0 Å². The molecule has 1 aromatic carbocycles. The molecule has 1 aromatic heterocycles. The number of aromatic nitrogens is 1. The van der Waals surface area contributed by atoms with E-state index in [1.807, 2.05) is 39.0 Å². The van der Waals surface area contributed by atoms with Crippen molar-refractivity contribution in [1.82, 2.24) is 10.3 Å². The molecule has 29 heavy (non-hydrogen) atoms. The number of halogens is 2. The van der Waals surface area contributed by atoms with Gasteiger partial charge in [-0.25, -0.2) is 4.98 Å². The molecule has 0 bridgehead atoms. The molecule has 2 atom stereocenters. The van der Waals surface area contributed by atoms with Crippen molar-refractivity contribution in [1.29, 1.82) is 0 Å². The van der Waals surface area contributed by atoms with Crippen LogP contribution in [0.3, 0.4) is 0 Å². The highest BCUT2D eigenvalue weighted by atomic mass is 35.5. The Kier molecular flexibility index (Phi) is 6.99. The zero-order chi connectivity index (χ0) is 19.9. The van der Waals surface area contributed by atoms with Gasteiger partial charge in [-0.15, -0.1) is 12.4 Å². The number of hydrogen-bond acceptors (Lipinski definition) is 4. The summed E-state index contributed by atoms with van der Waals surface area (Å²) in [6.45, 7) is 6.84. The van der Waals surface area contributed by atoms with Crippen molar-refractivity contribution in [2.75, 3.05) is 6.54 Å². The van der Waals surface area contributed by atoms with Gasteiger partial charge in [0.15, 0.2) is 0 Å². The highest BCUT2D eigenvalue weighted by Gasteiger charge is 2.43. The van der Waals surface area contributed by atoms with Crippen LogP contribution < -0.4 is 10.1 Å². The van der Waals surface area contributed by atoms with Gasteiger partial charge in [-0.2, -0.15) is 0 Å². The van der Waals surface area contributed by atoms with Crippen LogP contribution in [0.2, 0.25) is 5.15 Å². The van der Waals surface area contributed by atoms with E-state index in [1.54, 1.807) is 0 Å². The molecule has 0 radical (unpaired) electrons. The Morgan fingerprint density at radius 2 is 1.93 bits per heavy atom. The molecule has 160 valence electrons. The second-order valence-electron chi connectivity index (χ2n) is 9.04. The average molecular weight is 439 g/mol. The first-order chi connectivity index (χ1) is 13.3. The van der Waals surface area contributed by atoms with Crippen molar-refractivity contribution >= 4 is 34.9 Å². The van der Waals surface area contributed by atoms with E-state index in [0.717, 1.165) is 46.7 Å². The maximum Gasteiger partial charge on any atom is 0.131 e. The zero-order valence-electron chi connectivity index (χ0n) is 17.5. The Balaban J connectivity index is 0.00000240. The molecule has 1 aliphatic heterocycles. The third-order valence-corrected chi connectivity index (χ3v) is 6.69. The summed E-state index contributed by atoms with van der Waals surface area (Å²) >= 11 is 6.18. The summed E-state index contributed by atoms with van der Waals surface area (Å²) in [4.78, 5) is 4.49. The van der Waals surface area contributed by atoms with E-state index in [4.69, 9.17) is 16.3 Å². The first-order valence-corrected chi connectivity index (χ1v) is 10.9. The van der Waals surface area contributed by atoms with Crippen LogP contribution in [0.25, 0.3) is 10.9 Å². The van der Waals surface area contributed by atoms with Crippen LogP contribution in [0, 0.1) is 12.8 Å². The predicted molar refractivity (Wildman–Crippen MR) is 121 cm³/mol. The van der Waals surface area contributed by atoms with Gasteiger partial charge < -0.3 is 15.2 Å². The third-order valence-electron chi connectivity index (χ3n) is 6.49. The zero-order valence-corrected chi connectivity index (χ0v) is 19.1. The van der Waals surface area contributed by atoms with Crippen LogP contribution in [0.1, 0.15) is 69.5 Å². The molecule has 0 spiro atoms. The number of hydrogen-bond donors (Lipinski definition) is 2. The summed E-state index contributed by atoms with van der Waals surface area (Å²) in [6, 6.07) is 5.78. The Morgan fingerprint density at radius 3 is 2.66 bits per heavy atom. The number of nitrogens with zero attached hydrogens (tertiary/aromatic N) is 1. The summed E-state index contributed by atoms with van der Waals surface area (Å²) in [5.74, 6) is 1.63. The molecule has 4 rings (SSSR count). The van der Waals surface area contributed by atoms with E-state index in [2.05, 4.69) is 10.3 Å². The van der Waals surface area contributed by atoms with E-state index in [1.165, 1.54) is 32.1 Å². The minimum absolute atomic E-state index is 0. The van der Waals surface area contributed by atoms with Crippen molar-refractivity contribution < 1.29 is 9.84 Å². The highest BCUT2D eigenvalue weighted by Crippen LogP contribution is 2.42. The topological polar surface area (TPSA) is 54.4 Å². The van der Waals surface area contributed by atoms with E-state index >= 15 is 0 Å². The molecule has 1 aliphatic carbocycles. The second kappa shape index (κ2) is 8.97. The van der Waals surface area contributed by atoms with Gasteiger partial charge >= 0.3 is 0 Å². The normalized spacial score (nSPS) is 23.9. The van der Waals surface area contributed by atoms with Gasteiger partial charge in [0.25, 0.3) is 0 Å². The number of rotatable bonds is 4. The van der Waals surface area contributed by atoms with Crippen LogP contribution in [-0.4, -0.2) is 28.3 Å². The lowest BCUT2D eigenvalue weighted by atomic mass is 9.84. The number of nitrogens with one attached hydrogen (secondary N) is 1. The summed E-state index contributed by atoms with van der Waals surface area (Å²) < 4.78 is 6.20. The van der Waals surface area contributed by atoms with Gasteiger partial charge in [0.05, 0.1) is 11.6 Å². The van der Waals surface area contributed by atoms with Crippen molar-refractivity contribution in [3.63, 3.8) is 0 Å². The molecule has 1 fully saturated rings. The summed E-state index contributed by atoms with van der Waals surface area (Å²) in [6.07, 6.45) is 7.31. The van der Waals surface area contributed by atoms with Gasteiger partial charge in [0.1, 0.15) is 22.6 Å². The highest BCUT2D eigenvalue weighted by molar-refractivity contribution is 6.29. The monoisotopic (exact) mass is 438 g/mol. The Hall–Kier alpha value is -1.07. The van der Waals surface area contributed by atoms with Gasteiger partial charge in [-0.1, -0.05) is 43.7 Å². The number of fused-ring (bicyclic) bond motifs is 2. The van der Waals surface area contributed by atoms with Gasteiger partial charge in [0.2, 0.25) is 0 Å². The molecule has 0 saturated heterocycles. The fourth-order valence-corrected chi connectivity index (χ4v) is 5.04. The summed E-state index contributed by atoms with van der Waals surface area (Å²) in [7, 11) is 0. The fraction of sp³-hybridized carbons (Fsp3) is 0.609. The molecular weight excluding hydrogens is 407 g/mol. The molecule has 0 amide bonds. The lowest BCUT2D eigenvalue weighted by Gasteiger charge is -2.42. The molecule has 2 aliphatic rings. The molecule has 2 unspecified atom stereocenters. The Bertz CT molecular complexity index is 866. The predicted octanol–water partition coefficient (Wildman–Crippen LogP) is 5.75. The fourth-order valence-electron chi connectivity index (χ4n) is 4.78. The molecule has 2 aromatic rings. The summed E-state index contributed by atoms with van der Waals surface area (Å²) in [5.41, 5.74) is 2.24. The Labute approximate surface area is 184 Å². The van der Waals surface area contributed by atoms with Crippen molar-refractivity contribution in [3.05, 3.63) is 34.5 Å². The average Bonchev–Trinajstić information content (AvgIpc) is 2.65. The lowest BCUT2D eigenvalue weighted by molar-refractivity contribution is -0.0645. The van der Waals surface area contributed by atoms with Crippen LogP contribution >= 0.6 is 24.0 Å². The van der Waals surface area contributed by atoms with E-state index in [-0.39, 0.29) is 18.4 Å². The maximum atomic E-state index is 11.0. The smallest absolute Gasteiger partial charge is 0.131 e. The molecule has 6 heteroatoms. The molecule has 2 N–H and O–H groups in total. The SMILES string of the molecule is Cc1cc(Cl)nc2cc3c(cc12)OC(C)(C)C(O)C3NCCC1CCCCC1.Cl. The van der Waals surface area contributed by atoms with E-state index in [0.29, 0.717) is 5.15 Å². The molecule has 2 heterocycles. The summed E-state index contributed by atoms with van der Waals surface area (Å²) in [5, 5.41) is 16.2. The van der Waals surface area contributed by atoms with Crippen molar-refractivity contribution in [3.8, 4) is 5.75 Å². The quantitative estimate of drug-likeness (QED) is 0.596. The van der Waals surface area contributed by atoms with E-state index < -0.39 is 11.7 Å². The number of aliphatic hydroxyl groups excluding tert-OH is 1. The van der Waals surface area contributed by atoms with E-state index in [9.17, 15) is 5.11 Å². The van der Waals surface area contributed by atoms with Gasteiger partial charge in [0, 0.05) is 10.9 Å². The maximum absolute atomic E-state index is 11.0. The third kappa shape index (κ3) is 4.66. The number of ether oxygens (including phenoxy) is 1. The minimum Gasteiger partial charge on any atom is -0.485 e. The van der Waals surface area contributed by atoms with Gasteiger partial charge in [-0.3, -0.25) is 0 Å². The van der Waals surface area contributed by atoms with Crippen LogP contribution in [0.15, 0.2) is 18.2 Å². The van der Waals surface area contributed by atoms with Crippen molar-refractivity contribution in [2.24, 2.45) is 5.92 Å². The number of aryl methyl sites for hydroxylation is 1. The lowest BCUT2D eigenvalue weighted by Crippen LogP contribution is -2.52. The molecule has 1 saturated carbocycles. The second-order valence-corrected chi connectivity index (χ2v) is 9.43. The number of pyridine rings is 1. The first kappa shape index (κ1) is 22.6. The molecule has 4 nitrogen and oxygen atoms in total. The van der Waals surface area contributed by atoms with Crippen LogP contribution in [-0.2, 0) is 0 Å². The number of benzene rings is 1. The molecular formula is C23H32Cl2N2O2. The van der Waals surface area contributed by atoms with Gasteiger partial charge in [-0.05, 0) is 63.4 Å². The van der Waals surface area contributed by atoms with Crippen molar-refractivity contribution in [2.45, 2.75) is 77.0 Å². The standard InChI is InChI=1S/C23H31ClN2O2.ClH/c1-14-11-20(24)26-18-12-17-19(13-16(14)18)28-23(2,3)22(27)21(17)25-10-9-15-7-5-4-6-8-15;/h11-13,15,21-22,25,27H,4-10H2,1-3H3;1H. The Morgan fingerprint density at radius 1 is 1.21 bits per heavy atom.